The zero-order valence-electron chi connectivity index (χ0n) is 12.2. The summed E-state index contributed by atoms with van der Waals surface area (Å²) in [5, 5.41) is 5.32. The molecular formula is C17H15N3OS. The molecule has 0 saturated heterocycles. The average molecular weight is 309 g/mol. The lowest BCUT2D eigenvalue weighted by molar-refractivity contribution is 0.647. The fourth-order valence-electron chi connectivity index (χ4n) is 2.86. The number of hydrogen-bond donors (Lipinski definition) is 1. The first-order valence-corrected chi connectivity index (χ1v) is 8.11. The lowest BCUT2D eigenvalue weighted by atomic mass is 10.1. The Morgan fingerprint density at radius 3 is 3.05 bits per heavy atom. The van der Waals surface area contributed by atoms with Gasteiger partial charge in [0.1, 0.15) is 5.82 Å². The van der Waals surface area contributed by atoms with Crippen LogP contribution in [-0.2, 0) is 13.0 Å². The summed E-state index contributed by atoms with van der Waals surface area (Å²) in [5.74, 6) is 0.598. The van der Waals surface area contributed by atoms with Crippen molar-refractivity contribution in [2.45, 2.75) is 19.9 Å². The second kappa shape index (κ2) is 5.10. The van der Waals surface area contributed by atoms with Crippen LogP contribution in [0.3, 0.4) is 0 Å². The lowest BCUT2D eigenvalue weighted by Crippen LogP contribution is -2.28. The van der Waals surface area contributed by atoms with Gasteiger partial charge in [0.05, 0.1) is 5.69 Å². The summed E-state index contributed by atoms with van der Waals surface area (Å²) in [6.07, 6.45) is 0.909. The monoisotopic (exact) mass is 309 g/mol. The van der Waals surface area contributed by atoms with E-state index in [-0.39, 0.29) is 5.69 Å². The van der Waals surface area contributed by atoms with Gasteiger partial charge in [0.25, 0.3) is 0 Å². The number of nitrogens with zero attached hydrogens (tertiary/aromatic N) is 2. The Kier molecular flexibility index (Phi) is 3.08. The summed E-state index contributed by atoms with van der Waals surface area (Å²) in [6.45, 7) is 2.75. The average Bonchev–Trinajstić information content (AvgIpc) is 2.96. The maximum atomic E-state index is 12.3. The lowest BCUT2D eigenvalue weighted by Gasteiger charge is -2.19. The van der Waals surface area contributed by atoms with E-state index in [1.165, 1.54) is 10.4 Å². The van der Waals surface area contributed by atoms with Crippen LogP contribution in [0.2, 0.25) is 0 Å². The van der Waals surface area contributed by atoms with Gasteiger partial charge in [0, 0.05) is 35.2 Å². The molecule has 1 aromatic carbocycles. The molecule has 22 heavy (non-hydrogen) atoms. The minimum absolute atomic E-state index is 0.190. The van der Waals surface area contributed by atoms with Gasteiger partial charge in [0.2, 0.25) is 0 Å². The summed E-state index contributed by atoms with van der Waals surface area (Å²) < 4.78 is 1.76. The third-order valence-corrected chi connectivity index (χ3v) is 4.87. The van der Waals surface area contributed by atoms with Crippen molar-refractivity contribution < 1.29 is 0 Å². The fourth-order valence-corrected chi connectivity index (χ4v) is 3.73. The van der Waals surface area contributed by atoms with Crippen LogP contribution in [0.5, 0.6) is 0 Å². The Hall–Kier alpha value is -2.40. The van der Waals surface area contributed by atoms with Gasteiger partial charge in [-0.2, -0.15) is 4.98 Å². The highest BCUT2D eigenvalue weighted by Crippen LogP contribution is 2.33. The van der Waals surface area contributed by atoms with Gasteiger partial charge < -0.3 is 5.32 Å². The second-order valence-electron chi connectivity index (χ2n) is 5.46. The minimum Gasteiger partial charge on any atom is -0.340 e. The third kappa shape index (κ3) is 2.23. The molecule has 4 nitrogen and oxygen atoms in total. The summed E-state index contributed by atoms with van der Waals surface area (Å²) >= 11 is 1.75. The van der Waals surface area contributed by atoms with E-state index in [0.29, 0.717) is 12.4 Å². The number of hydrogen-bond acceptors (Lipinski definition) is 4. The van der Waals surface area contributed by atoms with Crippen LogP contribution in [0.25, 0.3) is 11.3 Å². The molecule has 0 saturated carbocycles. The Morgan fingerprint density at radius 1 is 1.27 bits per heavy atom. The van der Waals surface area contributed by atoms with Crippen LogP contribution in [0.1, 0.15) is 10.4 Å². The molecule has 4 rings (SSSR count). The molecule has 2 aromatic heterocycles. The van der Waals surface area contributed by atoms with Gasteiger partial charge in [-0.15, -0.1) is 11.3 Å². The molecule has 0 fully saturated rings. The number of thiophene rings is 1. The Bertz CT molecular complexity index is 910. The van der Waals surface area contributed by atoms with Gasteiger partial charge in [-0.1, -0.05) is 12.1 Å². The Balaban J connectivity index is 1.79. The fraction of sp³-hybridized carbons (Fsp3) is 0.176. The van der Waals surface area contributed by atoms with Crippen molar-refractivity contribution in [1.29, 1.82) is 0 Å². The van der Waals surface area contributed by atoms with Gasteiger partial charge in [-0.3, -0.25) is 4.57 Å². The number of benzene rings is 1. The SMILES string of the molecule is Cc1cccc(Nc2cc3n(c(=O)n2)CCc2sccc2-3)c1. The van der Waals surface area contributed by atoms with E-state index in [1.807, 2.05) is 37.3 Å². The predicted molar refractivity (Wildman–Crippen MR) is 90.0 cm³/mol. The zero-order chi connectivity index (χ0) is 15.1. The van der Waals surface area contributed by atoms with Crippen molar-refractivity contribution >= 4 is 22.8 Å². The smallest absolute Gasteiger partial charge is 0.340 e. The minimum atomic E-state index is -0.190. The molecule has 110 valence electrons. The summed E-state index contributed by atoms with van der Waals surface area (Å²) in [4.78, 5) is 17.8. The molecule has 0 atom stereocenters. The van der Waals surface area contributed by atoms with Crippen LogP contribution < -0.4 is 11.0 Å². The summed E-state index contributed by atoms with van der Waals surface area (Å²) in [7, 11) is 0. The molecule has 1 aliphatic heterocycles. The highest BCUT2D eigenvalue weighted by Gasteiger charge is 2.19. The van der Waals surface area contributed by atoms with Crippen LogP contribution in [0, 0.1) is 6.92 Å². The highest BCUT2D eigenvalue weighted by molar-refractivity contribution is 7.10. The molecule has 0 spiro atoms. The number of aryl methyl sites for hydroxylation is 2. The topological polar surface area (TPSA) is 46.9 Å². The largest absolute Gasteiger partial charge is 0.350 e. The van der Waals surface area contributed by atoms with E-state index in [2.05, 4.69) is 21.7 Å². The maximum absolute atomic E-state index is 12.3. The molecule has 0 amide bonds. The zero-order valence-corrected chi connectivity index (χ0v) is 13.0. The molecule has 3 heterocycles. The number of aromatic nitrogens is 2. The summed E-state index contributed by atoms with van der Waals surface area (Å²) in [5.41, 5.74) is 4.03. The number of fused-ring (bicyclic) bond motifs is 3. The van der Waals surface area contributed by atoms with Crippen molar-refractivity contribution in [3.05, 3.63) is 62.7 Å². The van der Waals surface area contributed by atoms with Gasteiger partial charge in [-0.25, -0.2) is 4.79 Å². The van der Waals surface area contributed by atoms with Gasteiger partial charge >= 0.3 is 5.69 Å². The molecule has 0 bridgehead atoms. The van der Waals surface area contributed by atoms with Crippen LogP contribution in [0.15, 0.2) is 46.6 Å². The van der Waals surface area contributed by atoms with Crippen molar-refractivity contribution in [1.82, 2.24) is 9.55 Å². The van der Waals surface area contributed by atoms with E-state index in [9.17, 15) is 4.79 Å². The van der Waals surface area contributed by atoms with Crippen LogP contribution in [0.4, 0.5) is 11.5 Å². The van der Waals surface area contributed by atoms with Gasteiger partial charge in [0.15, 0.2) is 0 Å². The highest BCUT2D eigenvalue weighted by atomic mass is 32.1. The number of nitrogens with one attached hydrogen (secondary N) is 1. The van der Waals surface area contributed by atoms with Crippen molar-refractivity contribution in [2.75, 3.05) is 5.32 Å². The third-order valence-electron chi connectivity index (χ3n) is 3.89. The molecular weight excluding hydrogens is 294 g/mol. The second-order valence-corrected chi connectivity index (χ2v) is 6.46. The number of anilines is 2. The molecule has 0 radical (unpaired) electrons. The molecule has 5 heteroatoms. The molecule has 3 aromatic rings. The number of rotatable bonds is 2. The molecule has 1 N–H and O–H groups in total. The van der Waals surface area contributed by atoms with E-state index < -0.39 is 0 Å². The molecule has 0 unspecified atom stereocenters. The quantitative estimate of drug-likeness (QED) is 0.787. The predicted octanol–water partition coefficient (Wildman–Crippen LogP) is 3.58. The van der Waals surface area contributed by atoms with Crippen molar-refractivity contribution in [3.8, 4) is 11.3 Å². The maximum Gasteiger partial charge on any atom is 0.350 e. The summed E-state index contributed by atoms with van der Waals surface area (Å²) in [6, 6.07) is 12.1. The van der Waals surface area contributed by atoms with E-state index in [4.69, 9.17) is 0 Å². The standard InChI is InChI=1S/C17H15N3OS/c1-11-3-2-4-12(9-11)18-16-10-14-13-6-8-22-15(13)5-7-20(14)17(21)19-16/h2-4,6,8-10H,5,7H2,1H3,(H,18,19,21). The first kappa shape index (κ1) is 13.3. The van der Waals surface area contributed by atoms with E-state index in [0.717, 1.165) is 23.4 Å². The van der Waals surface area contributed by atoms with Gasteiger partial charge in [-0.05, 0) is 36.1 Å². The van der Waals surface area contributed by atoms with Crippen LogP contribution in [-0.4, -0.2) is 9.55 Å². The van der Waals surface area contributed by atoms with Crippen LogP contribution >= 0.6 is 11.3 Å². The van der Waals surface area contributed by atoms with E-state index >= 15 is 0 Å². The normalized spacial score (nSPS) is 12.6. The Morgan fingerprint density at radius 2 is 2.18 bits per heavy atom. The molecule has 1 aliphatic rings. The van der Waals surface area contributed by atoms with Crippen molar-refractivity contribution in [3.63, 3.8) is 0 Å². The first-order valence-electron chi connectivity index (χ1n) is 7.23. The Labute approximate surface area is 132 Å². The molecule has 0 aliphatic carbocycles. The first-order chi connectivity index (χ1) is 10.7. The van der Waals surface area contributed by atoms with E-state index in [1.54, 1.807) is 15.9 Å². The van der Waals surface area contributed by atoms with Crippen molar-refractivity contribution in [2.24, 2.45) is 0 Å².